The molecule has 6 heteroatoms. The van der Waals surface area contributed by atoms with Crippen LogP contribution in [0, 0.1) is 10.1 Å². The van der Waals surface area contributed by atoms with Crippen molar-refractivity contribution in [3.8, 4) is 0 Å². The highest BCUT2D eigenvalue weighted by Gasteiger charge is 2.25. The summed E-state index contributed by atoms with van der Waals surface area (Å²) in [4.78, 5) is 12.8. The second kappa shape index (κ2) is 6.67. The molecule has 0 heterocycles. The quantitative estimate of drug-likeness (QED) is 0.452. The smallest absolute Gasteiger partial charge is 0.292 e. The van der Waals surface area contributed by atoms with Crippen LogP contribution in [0.3, 0.4) is 0 Å². The van der Waals surface area contributed by atoms with Crippen LogP contribution in [0.1, 0.15) is 31.2 Å². The van der Waals surface area contributed by atoms with Gasteiger partial charge in [-0.3, -0.25) is 15.0 Å². The van der Waals surface area contributed by atoms with E-state index in [2.05, 4.69) is 4.90 Å². The molecule has 3 N–H and O–H groups in total. The first kappa shape index (κ1) is 14.7. The third-order valence-corrected chi connectivity index (χ3v) is 3.87. The fraction of sp³-hybridized carbons (Fsp3) is 0.571. The molecule has 1 aliphatic carbocycles. The SMILES string of the molecule is Nc1ccc(CN(CCCO)C2CCC2)cc1[N+](=O)[O-]. The number of nitro benzene ring substituents is 1. The highest BCUT2D eigenvalue weighted by molar-refractivity contribution is 5.59. The Labute approximate surface area is 118 Å². The maximum absolute atomic E-state index is 10.9. The van der Waals surface area contributed by atoms with Gasteiger partial charge in [0.15, 0.2) is 0 Å². The number of nitrogens with zero attached hydrogens (tertiary/aromatic N) is 2. The van der Waals surface area contributed by atoms with Crippen molar-refractivity contribution in [1.82, 2.24) is 4.90 Å². The average molecular weight is 279 g/mol. The Kier molecular flexibility index (Phi) is 4.92. The number of anilines is 1. The van der Waals surface area contributed by atoms with Gasteiger partial charge in [0.2, 0.25) is 0 Å². The summed E-state index contributed by atoms with van der Waals surface area (Å²) in [5, 5.41) is 19.9. The molecule has 0 atom stereocenters. The highest BCUT2D eigenvalue weighted by atomic mass is 16.6. The molecule has 0 saturated heterocycles. The lowest BCUT2D eigenvalue weighted by atomic mass is 9.91. The number of aliphatic hydroxyl groups is 1. The van der Waals surface area contributed by atoms with E-state index in [4.69, 9.17) is 10.8 Å². The van der Waals surface area contributed by atoms with Gasteiger partial charge in [-0.2, -0.15) is 0 Å². The Hall–Kier alpha value is -1.66. The molecule has 110 valence electrons. The summed E-state index contributed by atoms with van der Waals surface area (Å²) in [5.41, 5.74) is 6.68. The third-order valence-electron chi connectivity index (χ3n) is 3.87. The second-order valence-electron chi connectivity index (χ2n) is 5.28. The van der Waals surface area contributed by atoms with Gasteiger partial charge in [-0.25, -0.2) is 0 Å². The molecule has 0 radical (unpaired) electrons. The van der Waals surface area contributed by atoms with Crippen molar-refractivity contribution in [2.24, 2.45) is 0 Å². The van der Waals surface area contributed by atoms with E-state index in [1.54, 1.807) is 12.1 Å². The van der Waals surface area contributed by atoms with Crippen LogP contribution >= 0.6 is 0 Å². The summed E-state index contributed by atoms with van der Waals surface area (Å²) in [6.45, 7) is 1.66. The molecule has 0 aromatic heterocycles. The van der Waals surface area contributed by atoms with Crippen molar-refractivity contribution in [1.29, 1.82) is 0 Å². The standard InChI is InChI=1S/C14H21N3O3/c15-13-6-5-11(9-14(13)17(19)20)10-16(7-2-8-18)12-3-1-4-12/h5-6,9,12,18H,1-4,7-8,10,15H2. The maximum Gasteiger partial charge on any atom is 0.292 e. The minimum atomic E-state index is -0.444. The van der Waals surface area contributed by atoms with Gasteiger partial charge in [-0.1, -0.05) is 12.5 Å². The molecule has 1 saturated carbocycles. The highest BCUT2D eigenvalue weighted by Crippen LogP contribution is 2.28. The Morgan fingerprint density at radius 1 is 1.45 bits per heavy atom. The molecule has 0 amide bonds. The summed E-state index contributed by atoms with van der Waals surface area (Å²) in [5.74, 6) is 0. The molecule has 20 heavy (non-hydrogen) atoms. The number of nitrogen functional groups attached to an aromatic ring is 1. The van der Waals surface area contributed by atoms with E-state index < -0.39 is 4.92 Å². The minimum absolute atomic E-state index is 0.0294. The Bertz CT molecular complexity index is 475. The van der Waals surface area contributed by atoms with Gasteiger partial charge in [0.1, 0.15) is 5.69 Å². The monoisotopic (exact) mass is 279 g/mol. The van der Waals surface area contributed by atoms with Crippen LogP contribution in [0.2, 0.25) is 0 Å². The van der Waals surface area contributed by atoms with Crippen molar-refractivity contribution in [3.63, 3.8) is 0 Å². The molecule has 0 unspecified atom stereocenters. The van der Waals surface area contributed by atoms with Crippen LogP contribution in [0.4, 0.5) is 11.4 Å². The van der Waals surface area contributed by atoms with Gasteiger partial charge in [-0.15, -0.1) is 0 Å². The van der Waals surface area contributed by atoms with E-state index in [-0.39, 0.29) is 18.0 Å². The van der Waals surface area contributed by atoms with Crippen LogP contribution in [0.5, 0.6) is 0 Å². The molecular weight excluding hydrogens is 258 g/mol. The number of rotatable bonds is 7. The van der Waals surface area contributed by atoms with Crippen LogP contribution in [-0.4, -0.2) is 34.1 Å². The fourth-order valence-corrected chi connectivity index (χ4v) is 2.50. The first-order valence-corrected chi connectivity index (χ1v) is 6.99. The molecular formula is C14H21N3O3. The van der Waals surface area contributed by atoms with Crippen LogP contribution < -0.4 is 5.73 Å². The Morgan fingerprint density at radius 3 is 2.75 bits per heavy atom. The summed E-state index contributed by atoms with van der Waals surface area (Å²) in [7, 11) is 0. The molecule has 1 aromatic carbocycles. The van der Waals surface area contributed by atoms with Gasteiger partial charge in [-0.05, 0) is 30.9 Å². The van der Waals surface area contributed by atoms with Crippen molar-refractivity contribution in [3.05, 3.63) is 33.9 Å². The average Bonchev–Trinajstić information content (AvgIpc) is 2.35. The predicted octanol–water partition coefficient (Wildman–Crippen LogP) is 1.91. The van der Waals surface area contributed by atoms with Gasteiger partial charge in [0, 0.05) is 31.8 Å². The molecule has 1 aromatic rings. The van der Waals surface area contributed by atoms with Gasteiger partial charge in [0.25, 0.3) is 5.69 Å². The lowest BCUT2D eigenvalue weighted by molar-refractivity contribution is -0.384. The number of aliphatic hydroxyl groups excluding tert-OH is 1. The molecule has 6 nitrogen and oxygen atoms in total. The summed E-state index contributed by atoms with van der Waals surface area (Å²) >= 11 is 0. The van der Waals surface area contributed by atoms with Gasteiger partial charge in [0.05, 0.1) is 4.92 Å². The third kappa shape index (κ3) is 3.46. The fourth-order valence-electron chi connectivity index (χ4n) is 2.50. The molecule has 0 aliphatic heterocycles. The summed E-state index contributed by atoms with van der Waals surface area (Å²) in [6.07, 6.45) is 4.31. The van der Waals surface area contributed by atoms with Crippen LogP contribution in [0.15, 0.2) is 18.2 Å². The normalized spacial score (nSPS) is 15.3. The maximum atomic E-state index is 10.9. The molecule has 1 aliphatic rings. The van der Waals surface area contributed by atoms with E-state index in [0.29, 0.717) is 12.6 Å². The van der Waals surface area contributed by atoms with Crippen molar-refractivity contribution >= 4 is 11.4 Å². The van der Waals surface area contributed by atoms with E-state index in [1.165, 1.54) is 19.3 Å². The number of hydrogen-bond donors (Lipinski definition) is 2. The zero-order valence-corrected chi connectivity index (χ0v) is 11.5. The second-order valence-corrected chi connectivity index (χ2v) is 5.28. The zero-order chi connectivity index (χ0) is 14.5. The largest absolute Gasteiger partial charge is 0.396 e. The van der Waals surface area contributed by atoms with Crippen LogP contribution in [0.25, 0.3) is 0 Å². The van der Waals surface area contributed by atoms with E-state index in [9.17, 15) is 10.1 Å². The zero-order valence-electron chi connectivity index (χ0n) is 11.5. The Morgan fingerprint density at radius 2 is 2.20 bits per heavy atom. The first-order chi connectivity index (χ1) is 9.61. The lowest BCUT2D eigenvalue weighted by Crippen LogP contribution is -2.40. The summed E-state index contributed by atoms with van der Waals surface area (Å²) in [6, 6.07) is 5.53. The predicted molar refractivity (Wildman–Crippen MR) is 77.3 cm³/mol. The molecule has 0 spiro atoms. The van der Waals surface area contributed by atoms with Gasteiger partial charge >= 0.3 is 0 Å². The van der Waals surface area contributed by atoms with Crippen molar-refractivity contribution < 1.29 is 10.0 Å². The van der Waals surface area contributed by atoms with Crippen LogP contribution in [-0.2, 0) is 6.54 Å². The first-order valence-electron chi connectivity index (χ1n) is 6.99. The number of hydrogen-bond acceptors (Lipinski definition) is 5. The van der Waals surface area contributed by atoms with Crippen molar-refractivity contribution in [2.75, 3.05) is 18.9 Å². The molecule has 0 bridgehead atoms. The minimum Gasteiger partial charge on any atom is -0.396 e. The van der Waals surface area contributed by atoms with E-state index in [0.717, 1.165) is 18.5 Å². The van der Waals surface area contributed by atoms with Crippen molar-refractivity contribution in [2.45, 2.75) is 38.3 Å². The van der Waals surface area contributed by atoms with E-state index in [1.807, 2.05) is 6.07 Å². The lowest BCUT2D eigenvalue weighted by Gasteiger charge is -2.37. The molecule has 1 fully saturated rings. The van der Waals surface area contributed by atoms with Gasteiger partial charge < -0.3 is 10.8 Å². The molecule has 2 rings (SSSR count). The number of nitrogens with two attached hydrogens (primary N) is 1. The summed E-state index contributed by atoms with van der Waals surface area (Å²) < 4.78 is 0. The number of benzene rings is 1. The Balaban J connectivity index is 2.09. The topological polar surface area (TPSA) is 92.6 Å². The van der Waals surface area contributed by atoms with E-state index >= 15 is 0 Å². The number of nitro groups is 1.